The molecule has 3 nitrogen and oxygen atoms in total. The highest BCUT2D eigenvalue weighted by Gasteiger charge is 2.33. The van der Waals surface area contributed by atoms with Gasteiger partial charge in [0.15, 0.2) is 0 Å². The Hall–Kier alpha value is -1.55. The lowest BCUT2D eigenvalue weighted by atomic mass is 10.1. The van der Waals surface area contributed by atoms with E-state index < -0.39 is 22.5 Å². The predicted molar refractivity (Wildman–Crippen MR) is 68.2 cm³/mol. The van der Waals surface area contributed by atoms with Crippen LogP contribution in [0.3, 0.4) is 0 Å². The first kappa shape index (κ1) is 15.5. The van der Waals surface area contributed by atoms with Crippen LogP contribution < -0.4 is 5.32 Å². The Kier molecular flexibility index (Phi) is 4.95. The Morgan fingerprint density at radius 2 is 2.11 bits per heavy atom. The summed E-state index contributed by atoms with van der Waals surface area (Å²) < 4.78 is 49.5. The second-order valence-electron chi connectivity index (χ2n) is 4.16. The van der Waals surface area contributed by atoms with Gasteiger partial charge < -0.3 is 5.32 Å². The molecular weight excluding hydrogens is 277 g/mol. The molecule has 0 spiro atoms. The first-order valence-corrected chi connectivity index (χ1v) is 7.14. The van der Waals surface area contributed by atoms with Crippen LogP contribution in [0.4, 0.5) is 18.9 Å². The minimum absolute atomic E-state index is 0.139. The minimum Gasteiger partial charge on any atom is -0.381 e. The smallest absolute Gasteiger partial charge is 0.381 e. The fourth-order valence-corrected chi connectivity index (χ4v) is 2.43. The summed E-state index contributed by atoms with van der Waals surface area (Å²) >= 11 is 0. The summed E-state index contributed by atoms with van der Waals surface area (Å²) in [6.45, 7) is 1.64. The molecule has 0 saturated carbocycles. The summed E-state index contributed by atoms with van der Waals surface area (Å²) in [5, 5.41) is 11.4. The van der Waals surface area contributed by atoms with Crippen molar-refractivity contribution in [3.05, 3.63) is 29.3 Å². The summed E-state index contributed by atoms with van der Waals surface area (Å²) in [5.74, 6) is 0.230. The van der Waals surface area contributed by atoms with Crippen LogP contribution in [0, 0.1) is 11.3 Å². The highest BCUT2D eigenvalue weighted by molar-refractivity contribution is 7.84. The molecule has 0 fully saturated rings. The summed E-state index contributed by atoms with van der Waals surface area (Å²) in [6, 6.07) is 4.55. The van der Waals surface area contributed by atoms with Crippen LogP contribution in [0.15, 0.2) is 18.2 Å². The first-order chi connectivity index (χ1) is 8.74. The molecule has 0 heterocycles. The van der Waals surface area contributed by atoms with Crippen molar-refractivity contribution in [2.75, 3.05) is 17.3 Å². The number of hydrogen-bond acceptors (Lipinski definition) is 3. The van der Waals surface area contributed by atoms with Gasteiger partial charge in [0, 0.05) is 34.5 Å². The molecule has 1 N–H and O–H groups in total. The monoisotopic (exact) mass is 290 g/mol. The zero-order valence-corrected chi connectivity index (χ0v) is 11.2. The third kappa shape index (κ3) is 4.56. The quantitative estimate of drug-likeness (QED) is 0.927. The lowest BCUT2D eigenvalue weighted by molar-refractivity contribution is -0.137. The normalized spacial score (nSPS) is 14.5. The molecule has 0 bridgehead atoms. The number of benzene rings is 1. The third-order valence-electron chi connectivity index (χ3n) is 2.34. The van der Waals surface area contributed by atoms with Crippen molar-refractivity contribution in [2.24, 2.45) is 0 Å². The van der Waals surface area contributed by atoms with Crippen molar-refractivity contribution in [1.29, 1.82) is 5.26 Å². The average Bonchev–Trinajstić information content (AvgIpc) is 2.25. The Labute approximate surface area is 111 Å². The van der Waals surface area contributed by atoms with E-state index in [9.17, 15) is 17.4 Å². The van der Waals surface area contributed by atoms with Crippen LogP contribution in [-0.4, -0.2) is 22.3 Å². The Morgan fingerprint density at radius 3 is 2.58 bits per heavy atom. The van der Waals surface area contributed by atoms with Crippen molar-refractivity contribution in [3.8, 4) is 6.07 Å². The molecule has 0 saturated heterocycles. The number of nitriles is 1. The average molecular weight is 290 g/mol. The van der Waals surface area contributed by atoms with Crippen LogP contribution in [-0.2, 0) is 17.0 Å². The summed E-state index contributed by atoms with van der Waals surface area (Å²) in [5.41, 5.74) is -0.856. The molecule has 2 atom stereocenters. The molecule has 7 heteroatoms. The fourth-order valence-electron chi connectivity index (χ4n) is 1.64. The van der Waals surface area contributed by atoms with Crippen LogP contribution in [0.25, 0.3) is 0 Å². The van der Waals surface area contributed by atoms with Crippen LogP contribution in [0.5, 0.6) is 0 Å². The van der Waals surface area contributed by atoms with Gasteiger partial charge in [-0.15, -0.1) is 0 Å². The molecular formula is C12H13F3N2OS. The Morgan fingerprint density at radius 1 is 1.47 bits per heavy atom. The van der Waals surface area contributed by atoms with Crippen molar-refractivity contribution in [1.82, 2.24) is 0 Å². The number of nitrogens with one attached hydrogen (secondary N) is 1. The van der Waals surface area contributed by atoms with E-state index in [4.69, 9.17) is 5.26 Å². The number of rotatable bonds is 4. The van der Waals surface area contributed by atoms with E-state index in [1.54, 1.807) is 13.0 Å². The van der Waals surface area contributed by atoms with E-state index in [1.807, 2.05) is 0 Å². The zero-order valence-electron chi connectivity index (χ0n) is 10.4. The van der Waals surface area contributed by atoms with Gasteiger partial charge in [0.1, 0.15) is 0 Å². The van der Waals surface area contributed by atoms with Crippen LogP contribution in [0.2, 0.25) is 0 Å². The third-order valence-corrected chi connectivity index (χ3v) is 3.31. The highest BCUT2D eigenvalue weighted by Crippen LogP contribution is 2.35. The number of halogens is 3. The van der Waals surface area contributed by atoms with Crippen LogP contribution >= 0.6 is 0 Å². The van der Waals surface area contributed by atoms with Gasteiger partial charge in [0.05, 0.1) is 17.2 Å². The lowest BCUT2D eigenvalue weighted by Crippen LogP contribution is -2.24. The number of alkyl halides is 3. The molecule has 0 aromatic heterocycles. The standard InChI is InChI=1S/C12H13F3N2OS/c1-8(7-19(2)18)17-11-5-9(6-16)3-4-10(11)12(13,14)15/h3-5,8,17H,7H2,1-2H3/t8-,19-/m1/s1. The van der Waals surface area contributed by atoms with Gasteiger partial charge in [0.2, 0.25) is 0 Å². The topological polar surface area (TPSA) is 52.9 Å². The van der Waals surface area contributed by atoms with E-state index in [1.165, 1.54) is 6.26 Å². The van der Waals surface area contributed by atoms with E-state index >= 15 is 0 Å². The molecule has 1 aromatic carbocycles. The van der Waals surface area contributed by atoms with Gasteiger partial charge in [-0.05, 0) is 25.1 Å². The van der Waals surface area contributed by atoms with Crippen molar-refractivity contribution < 1.29 is 17.4 Å². The van der Waals surface area contributed by atoms with Crippen molar-refractivity contribution in [2.45, 2.75) is 19.1 Å². The van der Waals surface area contributed by atoms with Gasteiger partial charge in [0.25, 0.3) is 0 Å². The molecule has 0 radical (unpaired) electrons. The van der Waals surface area contributed by atoms with Crippen molar-refractivity contribution >= 4 is 16.5 Å². The summed E-state index contributed by atoms with van der Waals surface area (Å²) in [4.78, 5) is 0. The summed E-state index contributed by atoms with van der Waals surface area (Å²) in [7, 11) is -1.11. The minimum atomic E-state index is -4.50. The summed E-state index contributed by atoms with van der Waals surface area (Å²) in [6.07, 6.45) is -3.02. The van der Waals surface area contributed by atoms with Gasteiger partial charge in [-0.3, -0.25) is 4.21 Å². The molecule has 1 aromatic rings. The number of hydrogen-bond donors (Lipinski definition) is 1. The second kappa shape index (κ2) is 6.06. The maximum absolute atomic E-state index is 12.8. The molecule has 19 heavy (non-hydrogen) atoms. The van der Waals surface area contributed by atoms with Gasteiger partial charge in [-0.1, -0.05) is 0 Å². The maximum Gasteiger partial charge on any atom is 0.418 e. The maximum atomic E-state index is 12.8. The molecule has 0 aliphatic carbocycles. The first-order valence-electron chi connectivity index (χ1n) is 5.42. The molecule has 1 rings (SSSR count). The van der Waals surface area contributed by atoms with Gasteiger partial charge in [-0.2, -0.15) is 18.4 Å². The molecule has 0 unspecified atom stereocenters. The number of anilines is 1. The number of nitrogens with zero attached hydrogens (tertiary/aromatic N) is 1. The predicted octanol–water partition coefficient (Wildman–Crippen LogP) is 2.76. The second-order valence-corrected chi connectivity index (χ2v) is 5.63. The van der Waals surface area contributed by atoms with E-state index in [0.29, 0.717) is 0 Å². The zero-order chi connectivity index (χ0) is 14.6. The fraction of sp³-hybridized carbons (Fsp3) is 0.417. The van der Waals surface area contributed by atoms with Gasteiger partial charge >= 0.3 is 6.18 Å². The largest absolute Gasteiger partial charge is 0.418 e. The molecule has 0 aliphatic rings. The van der Waals surface area contributed by atoms with Gasteiger partial charge in [-0.25, -0.2) is 0 Å². The molecule has 0 aliphatic heterocycles. The highest BCUT2D eigenvalue weighted by atomic mass is 32.2. The molecule has 104 valence electrons. The van der Waals surface area contributed by atoms with E-state index in [2.05, 4.69) is 5.32 Å². The van der Waals surface area contributed by atoms with E-state index in [-0.39, 0.29) is 23.0 Å². The Bertz CT molecular complexity index is 523. The van der Waals surface area contributed by atoms with Crippen molar-refractivity contribution in [3.63, 3.8) is 0 Å². The molecule has 0 amide bonds. The SMILES string of the molecule is C[C@H](C[S@@](C)=O)Nc1cc(C#N)ccc1C(F)(F)F. The Balaban J connectivity index is 3.09. The lowest BCUT2D eigenvalue weighted by Gasteiger charge is -2.19. The van der Waals surface area contributed by atoms with Crippen LogP contribution in [0.1, 0.15) is 18.1 Å². The van der Waals surface area contributed by atoms with E-state index in [0.717, 1.165) is 18.2 Å².